The van der Waals surface area contributed by atoms with Crippen LogP contribution in [0.1, 0.15) is 37.5 Å². The van der Waals surface area contributed by atoms with E-state index in [1.165, 1.54) is 37.0 Å². The molecule has 0 aliphatic heterocycles. The van der Waals surface area contributed by atoms with Crippen LogP contribution < -0.4 is 0 Å². The number of fused-ring (bicyclic) bond motifs is 1. The van der Waals surface area contributed by atoms with Gasteiger partial charge in [0.2, 0.25) is 0 Å². The van der Waals surface area contributed by atoms with Crippen molar-refractivity contribution < 1.29 is 0 Å². The number of benzene rings is 1. The van der Waals surface area contributed by atoms with Gasteiger partial charge in [0.15, 0.2) is 0 Å². The maximum atomic E-state index is 4.62. The van der Waals surface area contributed by atoms with Gasteiger partial charge in [-0.25, -0.2) is 4.98 Å². The molecule has 1 fully saturated rings. The van der Waals surface area contributed by atoms with E-state index in [1.54, 1.807) is 0 Å². The quantitative estimate of drug-likeness (QED) is 0.689. The molecule has 78 valence electrons. The Labute approximate surface area is 89.9 Å². The lowest BCUT2D eigenvalue weighted by Crippen LogP contribution is -2.06. The highest BCUT2D eigenvalue weighted by atomic mass is 15.1. The summed E-state index contributed by atoms with van der Waals surface area (Å²) in [5.41, 5.74) is 2.45. The molecule has 2 nitrogen and oxygen atoms in total. The lowest BCUT2D eigenvalue weighted by Gasteiger charge is -2.14. The summed E-state index contributed by atoms with van der Waals surface area (Å²) >= 11 is 0. The van der Waals surface area contributed by atoms with E-state index in [1.807, 2.05) is 0 Å². The van der Waals surface area contributed by atoms with Gasteiger partial charge in [0.25, 0.3) is 0 Å². The highest BCUT2D eigenvalue weighted by Gasteiger charge is 2.20. The first-order valence-electron chi connectivity index (χ1n) is 5.80. The Morgan fingerprint density at radius 3 is 2.73 bits per heavy atom. The Hall–Kier alpha value is -1.31. The van der Waals surface area contributed by atoms with Gasteiger partial charge in [-0.05, 0) is 31.9 Å². The maximum absolute atomic E-state index is 4.62. The number of rotatable bonds is 1. The van der Waals surface area contributed by atoms with Crippen molar-refractivity contribution in [1.82, 2.24) is 9.55 Å². The van der Waals surface area contributed by atoms with Gasteiger partial charge in [0.05, 0.1) is 11.0 Å². The monoisotopic (exact) mass is 200 g/mol. The molecule has 1 aliphatic rings. The van der Waals surface area contributed by atoms with Crippen LogP contribution in [0.4, 0.5) is 0 Å². The molecule has 0 N–H and O–H groups in total. The van der Waals surface area contributed by atoms with Crippen LogP contribution in [-0.4, -0.2) is 9.55 Å². The molecule has 2 heteroatoms. The van der Waals surface area contributed by atoms with Gasteiger partial charge in [-0.2, -0.15) is 0 Å². The molecular weight excluding hydrogens is 184 g/mol. The van der Waals surface area contributed by atoms with Gasteiger partial charge in [0.1, 0.15) is 5.82 Å². The number of imidazole rings is 1. The van der Waals surface area contributed by atoms with Crippen LogP contribution in [0.2, 0.25) is 0 Å². The molecular formula is C13H16N2. The predicted octanol–water partition coefficient (Wildman–Crippen LogP) is 3.46. The van der Waals surface area contributed by atoms with Crippen molar-refractivity contribution in [2.45, 2.75) is 38.6 Å². The molecule has 0 atom stereocenters. The van der Waals surface area contributed by atoms with Crippen molar-refractivity contribution >= 4 is 11.0 Å². The fourth-order valence-electron chi connectivity index (χ4n) is 2.79. The molecule has 1 saturated carbocycles. The summed E-state index contributed by atoms with van der Waals surface area (Å²) in [7, 11) is 0. The molecule has 0 unspecified atom stereocenters. The minimum atomic E-state index is 0.692. The number of aryl methyl sites for hydroxylation is 1. The van der Waals surface area contributed by atoms with Gasteiger partial charge < -0.3 is 4.57 Å². The summed E-state index contributed by atoms with van der Waals surface area (Å²) in [4.78, 5) is 4.62. The summed E-state index contributed by atoms with van der Waals surface area (Å²) in [5, 5.41) is 0. The third kappa shape index (κ3) is 1.36. The van der Waals surface area contributed by atoms with Crippen LogP contribution in [0.3, 0.4) is 0 Å². The first kappa shape index (κ1) is 8.96. The zero-order valence-corrected chi connectivity index (χ0v) is 9.11. The molecule has 0 bridgehead atoms. The highest BCUT2D eigenvalue weighted by Crippen LogP contribution is 2.33. The van der Waals surface area contributed by atoms with E-state index in [4.69, 9.17) is 0 Å². The molecule has 1 heterocycles. The second kappa shape index (κ2) is 3.37. The summed E-state index contributed by atoms with van der Waals surface area (Å²) in [5.74, 6) is 1.17. The van der Waals surface area contributed by atoms with E-state index in [0.717, 1.165) is 5.52 Å². The van der Waals surface area contributed by atoms with Crippen molar-refractivity contribution in [3.8, 4) is 0 Å². The van der Waals surface area contributed by atoms with Gasteiger partial charge in [-0.1, -0.05) is 25.0 Å². The first-order valence-corrected chi connectivity index (χ1v) is 5.80. The van der Waals surface area contributed by atoms with E-state index < -0.39 is 0 Å². The number of para-hydroxylation sites is 2. The van der Waals surface area contributed by atoms with Crippen LogP contribution in [0.15, 0.2) is 24.3 Å². The molecule has 15 heavy (non-hydrogen) atoms. The van der Waals surface area contributed by atoms with E-state index in [9.17, 15) is 0 Å². The van der Waals surface area contributed by atoms with Crippen LogP contribution in [0, 0.1) is 6.92 Å². The fraction of sp³-hybridized carbons (Fsp3) is 0.462. The Bertz CT molecular complexity index is 478. The molecule has 1 aromatic carbocycles. The number of aromatic nitrogens is 2. The Balaban J connectivity index is 2.19. The van der Waals surface area contributed by atoms with Crippen LogP contribution in [-0.2, 0) is 0 Å². The largest absolute Gasteiger partial charge is 0.325 e. The Morgan fingerprint density at radius 2 is 1.93 bits per heavy atom. The van der Waals surface area contributed by atoms with Crippen molar-refractivity contribution in [3.63, 3.8) is 0 Å². The normalized spacial score (nSPS) is 17.7. The predicted molar refractivity (Wildman–Crippen MR) is 62.0 cm³/mol. The molecule has 0 saturated heterocycles. The van der Waals surface area contributed by atoms with Gasteiger partial charge in [-0.15, -0.1) is 0 Å². The van der Waals surface area contributed by atoms with Gasteiger partial charge in [-0.3, -0.25) is 0 Å². The average molecular weight is 200 g/mol. The van der Waals surface area contributed by atoms with Gasteiger partial charge >= 0.3 is 0 Å². The first-order chi connectivity index (χ1) is 7.36. The fourth-order valence-corrected chi connectivity index (χ4v) is 2.79. The molecule has 3 rings (SSSR count). The standard InChI is InChI=1S/C13H16N2/c1-10-14-12-8-4-5-9-13(12)15(10)11-6-2-3-7-11/h4-5,8-9,11H,2-3,6-7H2,1H3. The average Bonchev–Trinajstić information content (AvgIpc) is 2.82. The van der Waals surface area contributed by atoms with Crippen molar-refractivity contribution in [2.24, 2.45) is 0 Å². The number of nitrogens with zero attached hydrogens (tertiary/aromatic N) is 2. The molecule has 1 aromatic heterocycles. The highest BCUT2D eigenvalue weighted by molar-refractivity contribution is 5.76. The van der Waals surface area contributed by atoms with E-state index in [0.29, 0.717) is 6.04 Å². The Morgan fingerprint density at radius 1 is 1.20 bits per heavy atom. The topological polar surface area (TPSA) is 17.8 Å². The molecule has 1 aliphatic carbocycles. The minimum absolute atomic E-state index is 0.692. The summed E-state index contributed by atoms with van der Waals surface area (Å²) < 4.78 is 2.43. The summed E-state index contributed by atoms with van der Waals surface area (Å²) in [6, 6.07) is 9.15. The third-order valence-corrected chi connectivity index (χ3v) is 3.46. The van der Waals surface area contributed by atoms with Crippen molar-refractivity contribution in [2.75, 3.05) is 0 Å². The number of hydrogen-bond donors (Lipinski definition) is 0. The molecule has 0 radical (unpaired) electrons. The minimum Gasteiger partial charge on any atom is -0.325 e. The third-order valence-electron chi connectivity index (χ3n) is 3.46. The molecule has 0 spiro atoms. The Kier molecular flexibility index (Phi) is 2.01. The van der Waals surface area contributed by atoms with Crippen LogP contribution in [0.25, 0.3) is 11.0 Å². The lowest BCUT2D eigenvalue weighted by molar-refractivity contribution is 0.520. The summed E-state index contributed by atoms with van der Waals surface area (Å²) in [6.45, 7) is 2.12. The van der Waals surface area contributed by atoms with Gasteiger partial charge in [0, 0.05) is 6.04 Å². The maximum Gasteiger partial charge on any atom is 0.106 e. The molecule has 0 amide bonds. The van der Waals surface area contributed by atoms with E-state index in [-0.39, 0.29) is 0 Å². The second-order valence-electron chi connectivity index (χ2n) is 4.46. The van der Waals surface area contributed by atoms with E-state index >= 15 is 0 Å². The van der Waals surface area contributed by atoms with E-state index in [2.05, 4.69) is 40.7 Å². The van der Waals surface area contributed by atoms with Crippen LogP contribution in [0.5, 0.6) is 0 Å². The zero-order chi connectivity index (χ0) is 10.3. The van der Waals surface area contributed by atoms with Crippen molar-refractivity contribution in [3.05, 3.63) is 30.1 Å². The smallest absolute Gasteiger partial charge is 0.106 e. The van der Waals surface area contributed by atoms with Crippen LogP contribution >= 0.6 is 0 Å². The summed E-state index contributed by atoms with van der Waals surface area (Å²) in [6.07, 6.45) is 5.38. The van der Waals surface area contributed by atoms with Crippen molar-refractivity contribution in [1.29, 1.82) is 0 Å². The molecule has 2 aromatic rings. The number of hydrogen-bond acceptors (Lipinski definition) is 1. The lowest BCUT2D eigenvalue weighted by atomic mass is 10.2. The zero-order valence-electron chi connectivity index (χ0n) is 9.11. The SMILES string of the molecule is Cc1nc2ccccc2n1C1CCCC1. The second-order valence-corrected chi connectivity index (χ2v) is 4.46.